The zero-order valence-corrected chi connectivity index (χ0v) is 23.4. The van der Waals surface area contributed by atoms with Crippen LogP contribution in [0.1, 0.15) is 46.6 Å². The summed E-state index contributed by atoms with van der Waals surface area (Å²) in [5.74, 6) is 0.580. The highest BCUT2D eigenvalue weighted by Crippen LogP contribution is 2.32. The lowest BCUT2D eigenvalue weighted by Crippen LogP contribution is -2.32. The third-order valence-electron chi connectivity index (χ3n) is 4.93. The third kappa shape index (κ3) is 14.6. The number of anilines is 1. The second-order valence-corrected chi connectivity index (χ2v) is 9.13. The Labute approximate surface area is 226 Å². The van der Waals surface area contributed by atoms with Crippen LogP contribution in [0, 0.1) is 5.41 Å². The molecule has 0 radical (unpaired) electrons. The highest BCUT2D eigenvalue weighted by Gasteiger charge is 2.25. The van der Waals surface area contributed by atoms with E-state index < -0.39 is 0 Å². The van der Waals surface area contributed by atoms with Crippen LogP contribution in [0.2, 0.25) is 5.02 Å². The summed E-state index contributed by atoms with van der Waals surface area (Å²) < 4.78 is 5.66. The molecule has 5 N–H and O–H groups in total. The molecular formula is C28H41ClN4O4. The normalized spacial score (nSPS) is 10.8. The number of nitrogens with two attached hydrogens (primary N) is 1. The molecule has 0 saturated carbocycles. The molecule has 2 rings (SSSR count). The van der Waals surface area contributed by atoms with Crippen molar-refractivity contribution in [3.63, 3.8) is 0 Å². The molecule has 0 unspecified atom stereocenters. The summed E-state index contributed by atoms with van der Waals surface area (Å²) in [6.07, 6.45) is 1.80. The Hall–Kier alpha value is -3.52. The van der Waals surface area contributed by atoms with Gasteiger partial charge in [0, 0.05) is 36.4 Å². The minimum absolute atomic E-state index is 0.200. The van der Waals surface area contributed by atoms with Gasteiger partial charge in [-0.05, 0) is 68.5 Å². The van der Waals surface area contributed by atoms with Gasteiger partial charge in [-0.2, -0.15) is 0 Å². The lowest BCUT2D eigenvalue weighted by molar-refractivity contribution is -0.123. The Balaban J connectivity index is 0.000000971. The molecule has 204 valence electrons. The molecular weight excluding hydrogens is 492 g/mol. The number of primary amides is 1. The first-order chi connectivity index (χ1) is 17.6. The fraction of sp³-hybridized carbons (Fsp3) is 0.393. The molecule has 0 spiro atoms. The molecule has 0 aliphatic carbocycles. The number of carbonyl (C=O) groups excluding carboxylic acids is 3. The summed E-state index contributed by atoms with van der Waals surface area (Å²) in [6, 6.07) is 15.6. The summed E-state index contributed by atoms with van der Waals surface area (Å²) in [6.45, 7) is 10.9. The van der Waals surface area contributed by atoms with Crippen molar-refractivity contribution in [2.75, 3.05) is 25.5 Å². The maximum absolute atomic E-state index is 12.4. The predicted octanol–water partition coefficient (Wildman–Crippen LogP) is 4.68. The van der Waals surface area contributed by atoms with Crippen LogP contribution >= 0.6 is 11.6 Å². The van der Waals surface area contributed by atoms with Crippen LogP contribution in [0.3, 0.4) is 0 Å². The van der Waals surface area contributed by atoms with E-state index in [1.54, 1.807) is 13.0 Å². The van der Waals surface area contributed by atoms with Gasteiger partial charge in [-0.1, -0.05) is 43.6 Å². The van der Waals surface area contributed by atoms with E-state index in [-0.39, 0.29) is 29.9 Å². The SMILES string of the molecule is CCN/C(C)=C(\C=O)NC(=O)CC(C)(C)Cc1cc(Cl)ccc1OCC.CNc1ccccc1.NC=O. The average Bonchev–Trinajstić information content (AvgIpc) is 2.85. The molecule has 8 nitrogen and oxygen atoms in total. The summed E-state index contributed by atoms with van der Waals surface area (Å²) in [7, 11) is 1.91. The number of ether oxygens (including phenoxy) is 1. The van der Waals surface area contributed by atoms with Crippen LogP contribution in [0.4, 0.5) is 5.69 Å². The molecule has 2 amide bonds. The molecule has 0 fully saturated rings. The predicted molar refractivity (Wildman–Crippen MR) is 152 cm³/mol. The summed E-state index contributed by atoms with van der Waals surface area (Å²) in [5.41, 5.74) is 6.88. The second kappa shape index (κ2) is 18.7. The number of hydrogen-bond acceptors (Lipinski definition) is 6. The van der Waals surface area contributed by atoms with Gasteiger partial charge in [0.15, 0.2) is 6.29 Å². The van der Waals surface area contributed by atoms with Gasteiger partial charge in [0.1, 0.15) is 5.75 Å². The topological polar surface area (TPSA) is 123 Å². The van der Waals surface area contributed by atoms with Crippen molar-refractivity contribution in [2.45, 2.75) is 47.5 Å². The Morgan fingerprint density at radius 1 is 1.11 bits per heavy atom. The van der Waals surface area contributed by atoms with E-state index in [1.807, 2.05) is 77.2 Å². The standard InChI is InChI=1S/C20H29ClN2O3.C7H9N.CH3NO/c1-6-22-14(3)17(13-24)23-19(25)12-20(4,5)11-15-10-16(21)8-9-18(15)26-7-2;1-8-7-5-3-2-4-6-7;2-1-3/h8-10,13,22H,6-7,11-12H2,1-5H3,(H,23,25);2-6,8H,1H3;1H,(H2,2,3)/b17-14+;;. The summed E-state index contributed by atoms with van der Waals surface area (Å²) >= 11 is 6.12. The molecule has 2 aromatic rings. The monoisotopic (exact) mass is 532 g/mol. The molecule has 0 atom stereocenters. The Morgan fingerprint density at radius 2 is 1.73 bits per heavy atom. The van der Waals surface area contributed by atoms with Gasteiger partial charge in [-0.15, -0.1) is 0 Å². The number of allylic oxidation sites excluding steroid dienone is 2. The van der Waals surface area contributed by atoms with Crippen LogP contribution < -0.4 is 26.4 Å². The van der Waals surface area contributed by atoms with E-state index in [2.05, 4.69) is 21.7 Å². The first-order valence-corrected chi connectivity index (χ1v) is 12.4. The third-order valence-corrected chi connectivity index (χ3v) is 5.17. The number of hydrogen-bond donors (Lipinski definition) is 4. The van der Waals surface area contributed by atoms with E-state index in [0.29, 0.717) is 36.6 Å². The molecule has 0 aliphatic heterocycles. The molecule has 0 saturated heterocycles. The van der Waals surface area contributed by atoms with Crippen molar-refractivity contribution in [3.05, 3.63) is 70.5 Å². The first-order valence-electron chi connectivity index (χ1n) is 12.1. The van der Waals surface area contributed by atoms with Crippen molar-refractivity contribution in [1.29, 1.82) is 0 Å². The Morgan fingerprint density at radius 3 is 2.22 bits per heavy atom. The van der Waals surface area contributed by atoms with Crippen molar-refractivity contribution < 1.29 is 19.1 Å². The van der Waals surface area contributed by atoms with Gasteiger partial charge in [0.2, 0.25) is 12.3 Å². The van der Waals surface area contributed by atoms with E-state index >= 15 is 0 Å². The van der Waals surface area contributed by atoms with Gasteiger partial charge < -0.3 is 26.4 Å². The van der Waals surface area contributed by atoms with Crippen molar-refractivity contribution in [3.8, 4) is 5.75 Å². The zero-order chi connectivity index (χ0) is 28.3. The van der Waals surface area contributed by atoms with Crippen LogP contribution in [0.15, 0.2) is 59.9 Å². The van der Waals surface area contributed by atoms with Crippen molar-refractivity contribution in [1.82, 2.24) is 10.6 Å². The minimum atomic E-state index is -0.333. The second-order valence-electron chi connectivity index (χ2n) is 8.69. The van der Waals surface area contributed by atoms with Crippen LogP contribution in [-0.4, -0.2) is 38.8 Å². The number of benzene rings is 2. The van der Waals surface area contributed by atoms with Gasteiger partial charge >= 0.3 is 0 Å². The molecule has 0 aliphatic rings. The molecule has 0 bridgehead atoms. The fourth-order valence-corrected chi connectivity index (χ4v) is 3.56. The van der Waals surface area contributed by atoms with Gasteiger partial charge in [0.05, 0.1) is 12.3 Å². The van der Waals surface area contributed by atoms with Gasteiger partial charge in [-0.3, -0.25) is 14.4 Å². The fourth-order valence-electron chi connectivity index (χ4n) is 3.37. The highest BCUT2D eigenvalue weighted by atomic mass is 35.5. The molecule has 9 heteroatoms. The number of carbonyl (C=O) groups is 3. The zero-order valence-electron chi connectivity index (χ0n) is 22.7. The first kappa shape index (κ1) is 33.5. The Bertz CT molecular complexity index is 995. The minimum Gasteiger partial charge on any atom is -0.494 e. The van der Waals surface area contributed by atoms with E-state index in [0.717, 1.165) is 17.0 Å². The number of aldehydes is 1. The van der Waals surface area contributed by atoms with Crippen LogP contribution in [-0.2, 0) is 20.8 Å². The number of para-hydroxylation sites is 1. The molecule has 0 heterocycles. The highest BCUT2D eigenvalue weighted by molar-refractivity contribution is 6.30. The summed E-state index contributed by atoms with van der Waals surface area (Å²) in [4.78, 5) is 32.2. The van der Waals surface area contributed by atoms with E-state index in [1.165, 1.54) is 0 Å². The van der Waals surface area contributed by atoms with Crippen molar-refractivity contribution in [2.24, 2.45) is 11.1 Å². The average molecular weight is 533 g/mol. The van der Waals surface area contributed by atoms with E-state index in [4.69, 9.17) is 21.1 Å². The lowest BCUT2D eigenvalue weighted by atomic mass is 9.82. The number of amides is 2. The van der Waals surface area contributed by atoms with Crippen LogP contribution in [0.25, 0.3) is 0 Å². The molecule has 2 aromatic carbocycles. The Kier molecular flexibility index (Phi) is 16.9. The summed E-state index contributed by atoms with van der Waals surface area (Å²) in [5, 5.41) is 9.39. The molecule has 37 heavy (non-hydrogen) atoms. The van der Waals surface area contributed by atoms with Crippen LogP contribution in [0.5, 0.6) is 5.75 Å². The smallest absolute Gasteiger partial charge is 0.225 e. The number of rotatable bonds is 11. The number of halogens is 1. The maximum Gasteiger partial charge on any atom is 0.225 e. The molecule has 0 aromatic heterocycles. The van der Waals surface area contributed by atoms with Crippen molar-refractivity contribution >= 4 is 35.9 Å². The maximum atomic E-state index is 12.4. The quantitative estimate of drug-likeness (QED) is 0.246. The largest absolute Gasteiger partial charge is 0.494 e. The van der Waals surface area contributed by atoms with Gasteiger partial charge in [0.25, 0.3) is 0 Å². The van der Waals surface area contributed by atoms with E-state index in [9.17, 15) is 9.59 Å². The van der Waals surface area contributed by atoms with Gasteiger partial charge in [-0.25, -0.2) is 0 Å². The lowest BCUT2D eigenvalue weighted by Gasteiger charge is -2.25. The number of nitrogens with one attached hydrogen (secondary N) is 3.